The number of benzene rings is 1. The van der Waals surface area contributed by atoms with Gasteiger partial charge in [0.1, 0.15) is 5.75 Å². The minimum atomic E-state index is -0.570. The summed E-state index contributed by atoms with van der Waals surface area (Å²) in [5.74, 6) is 2.59. The van der Waals surface area contributed by atoms with Crippen LogP contribution in [0.25, 0.3) is 0 Å². The predicted molar refractivity (Wildman–Crippen MR) is 70.7 cm³/mol. The number of methoxy groups -OCH3 is 1. The maximum atomic E-state index is 11.2. The quantitative estimate of drug-likeness (QED) is 0.887. The van der Waals surface area contributed by atoms with Crippen molar-refractivity contribution in [1.82, 2.24) is 5.32 Å². The van der Waals surface area contributed by atoms with Gasteiger partial charge in [-0.25, -0.2) is 0 Å². The van der Waals surface area contributed by atoms with E-state index in [2.05, 4.69) is 17.4 Å². The molecule has 0 aromatic heterocycles. The Balaban J connectivity index is 1.79. The van der Waals surface area contributed by atoms with Crippen LogP contribution in [0.3, 0.4) is 0 Å². The molecule has 3 nitrogen and oxygen atoms in total. The Kier molecular flexibility index (Phi) is 4.57. The molecule has 1 heterocycles. The Labute approximate surface area is 105 Å². The zero-order valence-electron chi connectivity index (χ0n) is 10.1. The van der Waals surface area contributed by atoms with Gasteiger partial charge in [0.05, 0.1) is 7.11 Å². The average Bonchev–Trinajstić information content (AvgIpc) is 2.39. The van der Waals surface area contributed by atoms with Gasteiger partial charge in [0.25, 0.3) is 0 Å². The van der Waals surface area contributed by atoms with Gasteiger partial charge >= 0.3 is 0 Å². The first-order valence-electron chi connectivity index (χ1n) is 5.99. The highest BCUT2D eigenvalue weighted by molar-refractivity contribution is 7.85. The maximum absolute atomic E-state index is 11.2. The lowest BCUT2D eigenvalue weighted by molar-refractivity contribution is 0.414. The Morgan fingerprint density at radius 1 is 1.29 bits per heavy atom. The molecule has 0 atom stereocenters. The summed E-state index contributed by atoms with van der Waals surface area (Å²) in [5, 5.41) is 3.52. The van der Waals surface area contributed by atoms with Crippen LogP contribution in [0, 0.1) is 0 Å². The van der Waals surface area contributed by atoms with E-state index >= 15 is 0 Å². The van der Waals surface area contributed by atoms with Crippen LogP contribution in [-0.4, -0.2) is 28.9 Å². The highest BCUT2D eigenvalue weighted by Gasteiger charge is 2.16. The normalized spacial score (nSPS) is 24.5. The molecule has 2 rings (SSSR count). The van der Waals surface area contributed by atoms with Crippen LogP contribution < -0.4 is 10.1 Å². The van der Waals surface area contributed by atoms with E-state index in [1.54, 1.807) is 7.11 Å². The van der Waals surface area contributed by atoms with Crippen molar-refractivity contribution in [3.63, 3.8) is 0 Å². The molecule has 1 aliphatic rings. The molecule has 1 aromatic rings. The van der Waals surface area contributed by atoms with Crippen molar-refractivity contribution >= 4 is 10.8 Å². The molecule has 1 aliphatic heterocycles. The number of hydrogen-bond donors (Lipinski definition) is 1. The summed E-state index contributed by atoms with van der Waals surface area (Å²) in [6.07, 6.45) is 2.06. The van der Waals surface area contributed by atoms with Gasteiger partial charge in [-0.2, -0.15) is 0 Å². The zero-order valence-corrected chi connectivity index (χ0v) is 11.0. The molecule has 0 spiro atoms. The molecule has 0 amide bonds. The Morgan fingerprint density at radius 2 is 1.94 bits per heavy atom. The third-order valence-corrected chi connectivity index (χ3v) is 4.52. The average molecular weight is 253 g/mol. The largest absolute Gasteiger partial charge is 0.497 e. The van der Waals surface area contributed by atoms with Gasteiger partial charge in [-0.05, 0) is 30.5 Å². The summed E-state index contributed by atoms with van der Waals surface area (Å²) in [5.41, 5.74) is 1.26. The minimum absolute atomic E-state index is 0.523. The van der Waals surface area contributed by atoms with Crippen molar-refractivity contribution in [3.05, 3.63) is 29.8 Å². The van der Waals surface area contributed by atoms with Crippen LogP contribution in [0.2, 0.25) is 0 Å². The fraction of sp³-hybridized carbons (Fsp3) is 0.538. The third kappa shape index (κ3) is 3.82. The van der Waals surface area contributed by atoms with E-state index in [0.717, 1.165) is 36.6 Å². The van der Waals surface area contributed by atoms with E-state index in [1.165, 1.54) is 5.56 Å². The molecule has 0 aliphatic carbocycles. The molecule has 0 bridgehead atoms. The van der Waals surface area contributed by atoms with Gasteiger partial charge in [0.2, 0.25) is 0 Å². The van der Waals surface area contributed by atoms with Gasteiger partial charge in [0, 0.05) is 34.9 Å². The van der Waals surface area contributed by atoms with Gasteiger partial charge in [-0.3, -0.25) is 4.21 Å². The topological polar surface area (TPSA) is 38.3 Å². The van der Waals surface area contributed by atoms with Crippen molar-refractivity contribution in [2.75, 3.05) is 18.6 Å². The summed E-state index contributed by atoms with van der Waals surface area (Å²) in [6, 6.07) is 8.63. The molecule has 1 aromatic carbocycles. The molecule has 1 fully saturated rings. The first kappa shape index (κ1) is 12.6. The van der Waals surface area contributed by atoms with E-state index in [1.807, 2.05) is 12.1 Å². The van der Waals surface area contributed by atoms with Crippen molar-refractivity contribution in [1.29, 1.82) is 0 Å². The molecule has 4 heteroatoms. The molecule has 0 radical (unpaired) electrons. The summed E-state index contributed by atoms with van der Waals surface area (Å²) in [6.45, 7) is 0.876. The van der Waals surface area contributed by atoms with E-state index in [4.69, 9.17) is 4.74 Å². The highest BCUT2D eigenvalue weighted by atomic mass is 32.2. The van der Waals surface area contributed by atoms with Crippen LogP contribution >= 0.6 is 0 Å². The molecule has 94 valence electrons. The lowest BCUT2D eigenvalue weighted by Crippen LogP contribution is -2.35. The lowest BCUT2D eigenvalue weighted by atomic mass is 10.1. The van der Waals surface area contributed by atoms with Crippen LogP contribution in [0.1, 0.15) is 18.4 Å². The van der Waals surface area contributed by atoms with E-state index < -0.39 is 10.8 Å². The molecule has 0 unspecified atom stereocenters. The van der Waals surface area contributed by atoms with Crippen molar-refractivity contribution < 1.29 is 8.95 Å². The highest BCUT2D eigenvalue weighted by Crippen LogP contribution is 2.13. The maximum Gasteiger partial charge on any atom is 0.118 e. The summed E-state index contributed by atoms with van der Waals surface area (Å²) in [7, 11) is 1.11. The molecular formula is C13H19NO2S. The van der Waals surface area contributed by atoms with Crippen molar-refractivity contribution in [2.45, 2.75) is 25.4 Å². The first-order chi connectivity index (χ1) is 8.28. The fourth-order valence-electron chi connectivity index (χ4n) is 2.00. The SMILES string of the molecule is COc1ccc(CNC2CCS(=O)CC2)cc1. The molecule has 0 saturated carbocycles. The molecule has 1 saturated heterocycles. The first-order valence-corrected chi connectivity index (χ1v) is 7.48. The predicted octanol–water partition coefficient (Wildman–Crippen LogP) is 1.70. The zero-order chi connectivity index (χ0) is 12.1. The van der Waals surface area contributed by atoms with Crippen LogP contribution in [-0.2, 0) is 17.3 Å². The Bertz CT molecular complexity index is 368. The third-order valence-electron chi connectivity index (χ3n) is 3.14. The van der Waals surface area contributed by atoms with Crippen molar-refractivity contribution in [2.24, 2.45) is 0 Å². The van der Waals surface area contributed by atoms with Crippen LogP contribution in [0.4, 0.5) is 0 Å². The van der Waals surface area contributed by atoms with Crippen molar-refractivity contribution in [3.8, 4) is 5.75 Å². The monoisotopic (exact) mass is 253 g/mol. The second-order valence-corrected chi connectivity index (χ2v) is 6.05. The number of ether oxygens (including phenoxy) is 1. The number of nitrogens with one attached hydrogen (secondary N) is 1. The van der Waals surface area contributed by atoms with Gasteiger partial charge in [-0.15, -0.1) is 0 Å². The summed E-state index contributed by atoms with van der Waals surface area (Å²) in [4.78, 5) is 0. The van der Waals surface area contributed by atoms with Crippen LogP contribution in [0.15, 0.2) is 24.3 Å². The minimum Gasteiger partial charge on any atom is -0.497 e. The Hall–Kier alpha value is -0.870. The van der Waals surface area contributed by atoms with Gasteiger partial charge < -0.3 is 10.1 Å². The molecule has 1 N–H and O–H groups in total. The smallest absolute Gasteiger partial charge is 0.118 e. The fourth-order valence-corrected chi connectivity index (χ4v) is 3.30. The summed E-state index contributed by atoms with van der Waals surface area (Å²) >= 11 is 0. The number of rotatable bonds is 4. The molecule has 17 heavy (non-hydrogen) atoms. The standard InChI is InChI=1S/C13H19NO2S/c1-16-13-4-2-11(3-5-13)10-14-12-6-8-17(15)9-7-12/h2-5,12,14H,6-10H2,1H3. The van der Waals surface area contributed by atoms with Crippen LogP contribution in [0.5, 0.6) is 5.75 Å². The second kappa shape index (κ2) is 6.17. The molecular weight excluding hydrogens is 234 g/mol. The van der Waals surface area contributed by atoms with Gasteiger partial charge in [-0.1, -0.05) is 12.1 Å². The van der Waals surface area contributed by atoms with Gasteiger partial charge in [0.15, 0.2) is 0 Å². The van der Waals surface area contributed by atoms with E-state index in [9.17, 15) is 4.21 Å². The second-order valence-electron chi connectivity index (χ2n) is 4.35. The lowest BCUT2D eigenvalue weighted by Gasteiger charge is -2.22. The number of hydrogen-bond acceptors (Lipinski definition) is 3. The van der Waals surface area contributed by atoms with E-state index in [-0.39, 0.29) is 0 Å². The summed E-state index contributed by atoms with van der Waals surface area (Å²) < 4.78 is 16.3. The van der Waals surface area contributed by atoms with E-state index in [0.29, 0.717) is 6.04 Å². The Morgan fingerprint density at radius 3 is 2.53 bits per heavy atom.